The lowest BCUT2D eigenvalue weighted by atomic mass is 9.92. The number of rotatable bonds is 2. The van der Waals surface area contributed by atoms with Gasteiger partial charge in [-0.25, -0.2) is 4.98 Å². The number of aliphatic hydroxyl groups is 1. The van der Waals surface area contributed by atoms with Crippen molar-refractivity contribution in [3.8, 4) is 0 Å². The monoisotopic (exact) mass is 240 g/mol. The Morgan fingerprint density at radius 3 is 2.94 bits per heavy atom. The summed E-state index contributed by atoms with van der Waals surface area (Å²) < 4.78 is 0. The first-order valence-electron chi connectivity index (χ1n) is 5.58. The van der Waals surface area contributed by atoms with Crippen LogP contribution in [0.25, 0.3) is 0 Å². The Labute approximate surface area is 98.7 Å². The minimum Gasteiger partial charge on any atom is -0.391 e. The van der Waals surface area contributed by atoms with Crippen molar-refractivity contribution in [3.05, 3.63) is 16.1 Å². The standard InChI is InChI=1S/C11H16N2O2S/c1-7-12-6-10(16-7)11(15)13-8-4-2-3-5-9(8)14/h6,8-9,14H,2-5H2,1H3,(H,13,15)/t8-,9-/m1/s1. The molecule has 2 N–H and O–H groups in total. The van der Waals surface area contributed by atoms with Gasteiger partial charge in [0, 0.05) is 0 Å². The molecule has 0 spiro atoms. The Bertz CT molecular complexity index is 378. The summed E-state index contributed by atoms with van der Waals surface area (Å²) in [6.07, 6.45) is 4.96. The molecule has 1 aromatic heterocycles. The van der Waals surface area contributed by atoms with E-state index >= 15 is 0 Å². The summed E-state index contributed by atoms with van der Waals surface area (Å²) in [6, 6.07) is -0.0938. The van der Waals surface area contributed by atoms with E-state index in [4.69, 9.17) is 0 Å². The van der Waals surface area contributed by atoms with E-state index in [0.29, 0.717) is 4.88 Å². The van der Waals surface area contributed by atoms with Crippen LogP contribution < -0.4 is 5.32 Å². The van der Waals surface area contributed by atoms with E-state index in [2.05, 4.69) is 10.3 Å². The lowest BCUT2D eigenvalue weighted by molar-refractivity contribution is 0.0720. The first-order valence-corrected chi connectivity index (χ1v) is 6.40. The SMILES string of the molecule is Cc1ncc(C(=O)N[C@@H]2CCCC[C@H]2O)s1. The van der Waals surface area contributed by atoms with E-state index in [0.717, 1.165) is 30.7 Å². The van der Waals surface area contributed by atoms with Gasteiger partial charge in [-0.1, -0.05) is 12.8 Å². The van der Waals surface area contributed by atoms with Crippen LogP contribution in [0.1, 0.15) is 40.4 Å². The van der Waals surface area contributed by atoms with Crippen LogP contribution in [0, 0.1) is 6.92 Å². The molecule has 88 valence electrons. The molecule has 2 atom stereocenters. The highest BCUT2D eigenvalue weighted by Gasteiger charge is 2.25. The molecule has 16 heavy (non-hydrogen) atoms. The van der Waals surface area contributed by atoms with Crippen LogP contribution in [0.5, 0.6) is 0 Å². The molecule has 2 rings (SSSR count). The Hall–Kier alpha value is -0.940. The zero-order valence-corrected chi connectivity index (χ0v) is 10.1. The normalized spacial score (nSPS) is 25.4. The van der Waals surface area contributed by atoms with Gasteiger partial charge in [-0.2, -0.15) is 0 Å². The number of carbonyl (C=O) groups is 1. The summed E-state index contributed by atoms with van der Waals surface area (Å²) in [7, 11) is 0. The van der Waals surface area contributed by atoms with Crippen LogP contribution in [0.15, 0.2) is 6.20 Å². The molecule has 1 fully saturated rings. The lowest BCUT2D eigenvalue weighted by Gasteiger charge is -2.28. The Morgan fingerprint density at radius 1 is 1.56 bits per heavy atom. The van der Waals surface area contributed by atoms with E-state index < -0.39 is 6.10 Å². The average Bonchev–Trinajstić information content (AvgIpc) is 2.68. The molecule has 0 unspecified atom stereocenters. The molecule has 1 saturated carbocycles. The van der Waals surface area contributed by atoms with Gasteiger partial charge >= 0.3 is 0 Å². The first kappa shape index (κ1) is 11.5. The molecule has 0 aromatic carbocycles. The maximum absolute atomic E-state index is 11.8. The van der Waals surface area contributed by atoms with Crippen molar-refractivity contribution in [2.75, 3.05) is 0 Å². The summed E-state index contributed by atoms with van der Waals surface area (Å²) >= 11 is 1.38. The summed E-state index contributed by atoms with van der Waals surface area (Å²) in [5.74, 6) is -0.114. The Balaban J connectivity index is 1.96. The minimum absolute atomic E-state index is 0.0938. The van der Waals surface area contributed by atoms with Gasteiger partial charge < -0.3 is 10.4 Å². The van der Waals surface area contributed by atoms with Crippen LogP contribution in [0.2, 0.25) is 0 Å². The van der Waals surface area contributed by atoms with Crippen molar-refractivity contribution in [1.29, 1.82) is 0 Å². The molecule has 0 bridgehead atoms. The van der Waals surface area contributed by atoms with Crippen molar-refractivity contribution in [3.63, 3.8) is 0 Å². The van der Waals surface area contributed by atoms with Gasteiger partial charge in [0.1, 0.15) is 4.88 Å². The highest BCUT2D eigenvalue weighted by Crippen LogP contribution is 2.19. The third-order valence-corrected chi connectivity index (χ3v) is 3.80. The van der Waals surface area contributed by atoms with Gasteiger partial charge in [-0.3, -0.25) is 4.79 Å². The smallest absolute Gasteiger partial charge is 0.263 e. The number of aryl methyl sites for hydroxylation is 1. The maximum atomic E-state index is 11.8. The van der Waals surface area contributed by atoms with Gasteiger partial charge in [0.25, 0.3) is 5.91 Å². The second kappa shape index (κ2) is 4.93. The van der Waals surface area contributed by atoms with Crippen LogP contribution in [0.4, 0.5) is 0 Å². The predicted molar refractivity (Wildman–Crippen MR) is 62.6 cm³/mol. The lowest BCUT2D eigenvalue weighted by Crippen LogP contribution is -2.44. The van der Waals surface area contributed by atoms with E-state index in [9.17, 15) is 9.90 Å². The zero-order chi connectivity index (χ0) is 11.5. The molecule has 4 nitrogen and oxygen atoms in total. The highest BCUT2D eigenvalue weighted by molar-refractivity contribution is 7.13. The molecule has 1 amide bonds. The topological polar surface area (TPSA) is 62.2 Å². The van der Waals surface area contributed by atoms with Gasteiger partial charge in [0.2, 0.25) is 0 Å². The largest absolute Gasteiger partial charge is 0.391 e. The van der Waals surface area contributed by atoms with E-state index in [1.54, 1.807) is 6.20 Å². The molecule has 1 aliphatic rings. The molecular formula is C11H16N2O2S. The predicted octanol–water partition coefficient (Wildman–Crippen LogP) is 1.48. The maximum Gasteiger partial charge on any atom is 0.263 e. The minimum atomic E-state index is -0.397. The number of aliphatic hydroxyl groups excluding tert-OH is 1. The number of carbonyl (C=O) groups excluding carboxylic acids is 1. The first-order chi connectivity index (χ1) is 7.66. The van der Waals surface area contributed by atoms with Crippen LogP contribution >= 0.6 is 11.3 Å². The van der Waals surface area contributed by atoms with Crippen molar-refractivity contribution in [1.82, 2.24) is 10.3 Å². The fourth-order valence-corrected chi connectivity index (χ4v) is 2.67. The number of amides is 1. The van der Waals surface area contributed by atoms with Gasteiger partial charge in [-0.15, -0.1) is 11.3 Å². The summed E-state index contributed by atoms with van der Waals surface area (Å²) in [5.41, 5.74) is 0. The summed E-state index contributed by atoms with van der Waals surface area (Å²) in [6.45, 7) is 1.87. The third kappa shape index (κ3) is 2.59. The second-order valence-electron chi connectivity index (χ2n) is 4.18. The number of thiazole rings is 1. The van der Waals surface area contributed by atoms with Crippen molar-refractivity contribution in [2.24, 2.45) is 0 Å². The Morgan fingerprint density at radius 2 is 2.31 bits per heavy atom. The quantitative estimate of drug-likeness (QED) is 0.823. The van der Waals surface area contributed by atoms with Gasteiger partial charge in [0.15, 0.2) is 0 Å². The van der Waals surface area contributed by atoms with Crippen molar-refractivity contribution in [2.45, 2.75) is 44.8 Å². The number of nitrogens with zero attached hydrogens (tertiary/aromatic N) is 1. The van der Waals surface area contributed by atoms with Gasteiger partial charge in [0.05, 0.1) is 23.4 Å². The zero-order valence-electron chi connectivity index (χ0n) is 9.27. The molecule has 1 aliphatic carbocycles. The van der Waals surface area contributed by atoms with Crippen LogP contribution in [-0.2, 0) is 0 Å². The van der Waals surface area contributed by atoms with E-state index in [1.807, 2.05) is 6.92 Å². The second-order valence-corrected chi connectivity index (χ2v) is 5.41. The van der Waals surface area contributed by atoms with E-state index in [-0.39, 0.29) is 11.9 Å². The van der Waals surface area contributed by atoms with Crippen molar-refractivity contribution >= 4 is 17.2 Å². The average molecular weight is 240 g/mol. The molecule has 1 aromatic rings. The summed E-state index contributed by atoms with van der Waals surface area (Å²) in [4.78, 5) is 16.5. The number of aromatic nitrogens is 1. The number of hydrogen-bond donors (Lipinski definition) is 2. The highest BCUT2D eigenvalue weighted by atomic mass is 32.1. The molecule has 5 heteroatoms. The van der Waals surface area contributed by atoms with Crippen LogP contribution in [-0.4, -0.2) is 28.1 Å². The van der Waals surface area contributed by atoms with Gasteiger partial charge in [-0.05, 0) is 19.8 Å². The number of hydrogen-bond acceptors (Lipinski definition) is 4. The summed E-state index contributed by atoms with van der Waals surface area (Å²) in [5, 5.41) is 13.5. The number of nitrogens with one attached hydrogen (secondary N) is 1. The molecule has 1 heterocycles. The fourth-order valence-electron chi connectivity index (χ4n) is 1.99. The molecule has 0 aliphatic heterocycles. The molecular weight excluding hydrogens is 224 g/mol. The molecule has 0 saturated heterocycles. The van der Waals surface area contributed by atoms with Crippen LogP contribution in [0.3, 0.4) is 0 Å². The van der Waals surface area contributed by atoms with E-state index in [1.165, 1.54) is 11.3 Å². The third-order valence-electron chi connectivity index (χ3n) is 2.89. The fraction of sp³-hybridized carbons (Fsp3) is 0.636. The molecule has 0 radical (unpaired) electrons. The van der Waals surface area contributed by atoms with Crippen molar-refractivity contribution < 1.29 is 9.90 Å². The Kier molecular flexibility index (Phi) is 3.56.